The highest BCUT2D eigenvalue weighted by molar-refractivity contribution is 5.33. The average molecular weight is 212 g/mol. The van der Waals surface area contributed by atoms with Crippen molar-refractivity contribution < 1.29 is 0 Å². The van der Waals surface area contributed by atoms with E-state index in [0.717, 1.165) is 11.4 Å². The zero-order valence-electron chi connectivity index (χ0n) is 8.72. The molecule has 0 amide bonds. The van der Waals surface area contributed by atoms with Crippen molar-refractivity contribution >= 4 is 0 Å². The molecule has 0 fully saturated rings. The molecule has 0 aliphatic carbocycles. The van der Waals surface area contributed by atoms with Crippen LogP contribution in [0.1, 0.15) is 23.0 Å². The molecule has 0 spiro atoms. The Bertz CT molecular complexity index is 496. The number of rotatable bonds is 3. The van der Waals surface area contributed by atoms with Crippen LogP contribution in [0.25, 0.3) is 0 Å². The van der Waals surface area contributed by atoms with Crippen molar-refractivity contribution in [1.29, 1.82) is 5.26 Å². The van der Waals surface area contributed by atoms with Crippen LogP contribution in [0.4, 0.5) is 0 Å². The largest absolute Gasteiger partial charge is 0.347 e. The van der Waals surface area contributed by atoms with Gasteiger partial charge in [0.2, 0.25) is 0 Å². The number of nitrogens with one attached hydrogen (secondary N) is 1. The first kappa shape index (κ1) is 10.4. The summed E-state index contributed by atoms with van der Waals surface area (Å²) in [5.74, 6) is 0.766. The van der Waals surface area contributed by atoms with Gasteiger partial charge in [0.25, 0.3) is 0 Å². The van der Waals surface area contributed by atoms with E-state index in [2.05, 4.69) is 16.0 Å². The Morgan fingerprint density at radius 2 is 2.38 bits per heavy atom. The van der Waals surface area contributed by atoms with Crippen LogP contribution in [0.5, 0.6) is 0 Å². The molecular formula is C12H12N4. The number of imidazole rings is 1. The van der Waals surface area contributed by atoms with Gasteiger partial charge in [-0.25, -0.2) is 4.98 Å². The highest BCUT2D eigenvalue weighted by Gasteiger charge is 2.09. The number of nitriles is 1. The Hall–Kier alpha value is -2.12. The van der Waals surface area contributed by atoms with Gasteiger partial charge >= 0.3 is 0 Å². The Balaban J connectivity index is 2.12. The Kier molecular flexibility index (Phi) is 2.99. The van der Waals surface area contributed by atoms with E-state index in [1.165, 1.54) is 0 Å². The minimum absolute atomic E-state index is 0.163. The lowest BCUT2D eigenvalue weighted by Crippen LogP contribution is -2.14. The lowest BCUT2D eigenvalue weighted by molar-refractivity contribution is 0.677. The summed E-state index contributed by atoms with van der Waals surface area (Å²) in [5, 5.41) is 8.78. The zero-order chi connectivity index (χ0) is 11.4. The van der Waals surface area contributed by atoms with E-state index in [4.69, 9.17) is 11.0 Å². The summed E-state index contributed by atoms with van der Waals surface area (Å²) in [6.07, 6.45) is 4.10. The van der Waals surface area contributed by atoms with Crippen molar-refractivity contribution in [3.05, 3.63) is 53.6 Å². The smallest absolute Gasteiger partial charge is 0.123 e. The van der Waals surface area contributed by atoms with Crippen molar-refractivity contribution in [1.82, 2.24) is 9.97 Å². The molecule has 1 unspecified atom stereocenters. The number of aromatic amines is 1. The molecule has 0 saturated carbocycles. The van der Waals surface area contributed by atoms with Crippen LogP contribution in [0.3, 0.4) is 0 Å². The molecule has 2 rings (SSSR count). The van der Waals surface area contributed by atoms with Gasteiger partial charge in [0, 0.05) is 12.4 Å². The molecule has 1 atom stereocenters. The van der Waals surface area contributed by atoms with Crippen LogP contribution in [0, 0.1) is 11.3 Å². The zero-order valence-corrected chi connectivity index (χ0v) is 8.72. The molecule has 0 bridgehead atoms. The van der Waals surface area contributed by atoms with Crippen molar-refractivity contribution in [3.63, 3.8) is 0 Å². The maximum Gasteiger partial charge on any atom is 0.123 e. The lowest BCUT2D eigenvalue weighted by Gasteiger charge is -2.08. The first-order chi connectivity index (χ1) is 7.79. The van der Waals surface area contributed by atoms with Gasteiger partial charge in [-0.15, -0.1) is 0 Å². The first-order valence-corrected chi connectivity index (χ1v) is 5.03. The molecule has 1 aromatic heterocycles. The van der Waals surface area contributed by atoms with Gasteiger partial charge in [-0.05, 0) is 24.1 Å². The fraction of sp³-hybridized carbons (Fsp3) is 0.167. The minimum atomic E-state index is -0.163. The van der Waals surface area contributed by atoms with Gasteiger partial charge in [-0.1, -0.05) is 12.1 Å². The summed E-state index contributed by atoms with van der Waals surface area (Å²) in [7, 11) is 0. The number of H-pyrrole nitrogens is 1. The second-order valence-electron chi connectivity index (χ2n) is 3.60. The standard InChI is InChI=1S/C12H12N4/c13-8-10-3-1-2-9(6-10)7-11(14)12-15-4-5-16-12/h1-6,11H,7,14H2,(H,15,16). The number of nitrogens with zero attached hydrogens (tertiary/aromatic N) is 2. The number of nitrogens with two attached hydrogens (primary N) is 1. The fourth-order valence-corrected chi connectivity index (χ4v) is 1.60. The molecule has 1 aromatic carbocycles. The number of aromatic nitrogens is 2. The second-order valence-corrected chi connectivity index (χ2v) is 3.60. The molecule has 0 aliphatic heterocycles. The SMILES string of the molecule is N#Cc1cccc(CC(N)c2ncc[nH]2)c1. The minimum Gasteiger partial charge on any atom is -0.347 e. The van der Waals surface area contributed by atoms with Crippen molar-refractivity contribution in [2.45, 2.75) is 12.5 Å². The molecule has 80 valence electrons. The second kappa shape index (κ2) is 4.60. The lowest BCUT2D eigenvalue weighted by atomic mass is 10.0. The van der Waals surface area contributed by atoms with Gasteiger partial charge in [0.05, 0.1) is 17.7 Å². The summed E-state index contributed by atoms with van der Waals surface area (Å²) in [4.78, 5) is 7.09. The maximum absolute atomic E-state index is 8.78. The van der Waals surface area contributed by atoms with Crippen molar-refractivity contribution in [2.24, 2.45) is 5.73 Å². The van der Waals surface area contributed by atoms with Crippen LogP contribution in [-0.4, -0.2) is 9.97 Å². The van der Waals surface area contributed by atoms with E-state index in [9.17, 15) is 0 Å². The molecule has 0 aliphatic rings. The third-order valence-electron chi connectivity index (χ3n) is 2.38. The highest BCUT2D eigenvalue weighted by atomic mass is 14.9. The number of hydrogen-bond donors (Lipinski definition) is 2. The Morgan fingerprint density at radius 3 is 3.06 bits per heavy atom. The average Bonchev–Trinajstić information content (AvgIpc) is 2.83. The topological polar surface area (TPSA) is 78.5 Å². The van der Waals surface area contributed by atoms with Gasteiger partial charge in [0.1, 0.15) is 5.82 Å². The number of hydrogen-bond acceptors (Lipinski definition) is 3. The van der Waals surface area contributed by atoms with Crippen LogP contribution in [-0.2, 0) is 6.42 Å². The summed E-state index contributed by atoms with van der Waals surface area (Å²) < 4.78 is 0. The Labute approximate surface area is 93.7 Å². The molecule has 0 radical (unpaired) electrons. The van der Waals surface area contributed by atoms with Crippen LogP contribution >= 0.6 is 0 Å². The fourth-order valence-electron chi connectivity index (χ4n) is 1.60. The van der Waals surface area contributed by atoms with E-state index in [0.29, 0.717) is 12.0 Å². The van der Waals surface area contributed by atoms with Gasteiger partial charge in [-0.3, -0.25) is 0 Å². The van der Waals surface area contributed by atoms with Crippen molar-refractivity contribution in [2.75, 3.05) is 0 Å². The predicted molar refractivity (Wildman–Crippen MR) is 60.4 cm³/mol. The van der Waals surface area contributed by atoms with Crippen molar-refractivity contribution in [3.8, 4) is 6.07 Å². The third-order valence-corrected chi connectivity index (χ3v) is 2.38. The summed E-state index contributed by atoms with van der Waals surface area (Å²) >= 11 is 0. The van der Waals surface area contributed by atoms with Gasteiger partial charge < -0.3 is 10.7 Å². The molecule has 0 saturated heterocycles. The molecule has 4 heteroatoms. The first-order valence-electron chi connectivity index (χ1n) is 5.03. The number of benzene rings is 1. The van der Waals surface area contributed by atoms with Gasteiger partial charge in [0.15, 0.2) is 0 Å². The summed E-state index contributed by atoms with van der Waals surface area (Å²) in [6.45, 7) is 0. The van der Waals surface area contributed by atoms with Crippen LogP contribution < -0.4 is 5.73 Å². The summed E-state index contributed by atoms with van der Waals surface area (Å²) in [6, 6.07) is 9.40. The molecule has 16 heavy (non-hydrogen) atoms. The van der Waals surface area contributed by atoms with E-state index >= 15 is 0 Å². The molecular weight excluding hydrogens is 200 g/mol. The van der Waals surface area contributed by atoms with E-state index in [-0.39, 0.29) is 6.04 Å². The normalized spacial score (nSPS) is 12.0. The Morgan fingerprint density at radius 1 is 1.50 bits per heavy atom. The van der Waals surface area contributed by atoms with Crippen LogP contribution in [0.2, 0.25) is 0 Å². The molecule has 2 aromatic rings. The van der Waals surface area contributed by atoms with Crippen LogP contribution in [0.15, 0.2) is 36.7 Å². The van der Waals surface area contributed by atoms with E-state index < -0.39 is 0 Å². The molecule has 3 N–H and O–H groups in total. The third kappa shape index (κ3) is 2.27. The van der Waals surface area contributed by atoms with E-state index in [1.807, 2.05) is 18.2 Å². The molecule has 4 nitrogen and oxygen atoms in total. The van der Waals surface area contributed by atoms with Gasteiger partial charge in [-0.2, -0.15) is 5.26 Å². The monoisotopic (exact) mass is 212 g/mol. The highest BCUT2D eigenvalue weighted by Crippen LogP contribution is 2.13. The maximum atomic E-state index is 8.78. The quantitative estimate of drug-likeness (QED) is 0.809. The summed E-state index contributed by atoms with van der Waals surface area (Å²) in [5.41, 5.74) is 7.69. The predicted octanol–water partition coefficient (Wildman–Crippen LogP) is 1.52. The van der Waals surface area contributed by atoms with E-state index in [1.54, 1.807) is 18.5 Å². The molecule has 1 heterocycles.